The number of carboxylic acid groups (broad SMARTS) is 2. The van der Waals surface area contributed by atoms with Crippen molar-refractivity contribution in [2.24, 2.45) is 5.73 Å². The van der Waals surface area contributed by atoms with E-state index in [4.69, 9.17) is 15.9 Å². The highest BCUT2D eigenvalue weighted by atomic mass is 32.1. The minimum absolute atomic E-state index is 0.0578. The molecule has 0 bridgehead atoms. The number of hydrogen-bond acceptors (Lipinski definition) is 6. The first-order valence-corrected chi connectivity index (χ1v) is 8.33. The second-order valence-corrected chi connectivity index (χ2v) is 5.90. The quantitative estimate of drug-likeness (QED) is 0.283. The van der Waals surface area contributed by atoms with Gasteiger partial charge in [-0.2, -0.15) is 12.6 Å². The smallest absolute Gasteiger partial charge is 0.326 e. The zero-order valence-corrected chi connectivity index (χ0v) is 14.7. The van der Waals surface area contributed by atoms with E-state index in [-0.39, 0.29) is 12.2 Å². The number of nitrogens with one attached hydrogen (secondary N) is 2. The molecule has 2 amide bonds. The average Bonchev–Trinajstić information content (AvgIpc) is 2.60. The summed E-state index contributed by atoms with van der Waals surface area (Å²) in [5, 5.41) is 22.4. The van der Waals surface area contributed by atoms with Gasteiger partial charge in [-0.3, -0.25) is 14.4 Å². The highest BCUT2D eigenvalue weighted by molar-refractivity contribution is 7.80. The standard InChI is InChI=1S/C16H21N3O6S/c17-10(8-26)14(22)18-11(6-9-4-2-1-3-5-9)15(23)19-12(16(24)25)7-13(20)21/h1-5,10-12,26H,6-8,17H2,(H,18,22)(H,19,23)(H,20,21)(H,24,25). The van der Waals surface area contributed by atoms with Crippen LogP contribution in [0.15, 0.2) is 30.3 Å². The van der Waals surface area contributed by atoms with E-state index in [1.807, 2.05) is 0 Å². The second-order valence-electron chi connectivity index (χ2n) is 5.54. The molecule has 9 nitrogen and oxygen atoms in total. The number of hydrogen-bond donors (Lipinski definition) is 6. The van der Waals surface area contributed by atoms with Crippen molar-refractivity contribution in [2.75, 3.05) is 5.75 Å². The maximum absolute atomic E-state index is 12.4. The van der Waals surface area contributed by atoms with Crippen LogP contribution in [0, 0.1) is 0 Å². The molecule has 0 aliphatic heterocycles. The molecule has 26 heavy (non-hydrogen) atoms. The zero-order chi connectivity index (χ0) is 19.7. The fourth-order valence-corrected chi connectivity index (χ4v) is 2.23. The molecule has 142 valence electrons. The number of benzene rings is 1. The van der Waals surface area contributed by atoms with Gasteiger partial charge in [-0.05, 0) is 5.56 Å². The molecule has 0 saturated heterocycles. The molecule has 1 rings (SSSR count). The van der Waals surface area contributed by atoms with Gasteiger partial charge in [-0.1, -0.05) is 30.3 Å². The molecule has 0 spiro atoms. The Morgan fingerprint density at radius 2 is 1.58 bits per heavy atom. The van der Waals surface area contributed by atoms with Gasteiger partial charge in [0.15, 0.2) is 0 Å². The third-order valence-corrected chi connectivity index (χ3v) is 3.84. The lowest BCUT2D eigenvalue weighted by Crippen LogP contribution is -2.55. The number of carboxylic acids is 2. The summed E-state index contributed by atoms with van der Waals surface area (Å²) in [6, 6.07) is 5.06. The summed E-state index contributed by atoms with van der Waals surface area (Å²) < 4.78 is 0. The maximum atomic E-state index is 12.4. The molecule has 1 aromatic carbocycles. The van der Waals surface area contributed by atoms with Crippen LogP contribution in [0.3, 0.4) is 0 Å². The summed E-state index contributed by atoms with van der Waals surface area (Å²) in [5.41, 5.74) is 6.30. The Hall–Kier alpha value is -2.59. The number of aliphatic carboxylic acids is 2. The number of amides is 2. The summed E-state index contributed by atoms with van der Waals surface area (Å²) in [7, 11) is 0. The van der Waals surface area contributed by atoms with Crippen molar-refractivity contribution < 1.29 is 29.4 Å². The number of carbonyl (C=O) groups is 4. The van der Waals surface area contributed by atoms with Crippen LogP contribution in [0.1, 0.15) is 12.0 Å². The van der Waals surface area contributed by atoms with Gasteiger partial charge in [-0.25, -0.2) is 4.79 Å². The molecule has 0 heterocycles. The number of nitrogens with two attached hydrogens (primary N) is 1. The molecule has 1 aromatic rings. The van der Waals surface area contributed by atoms with Crippen LogP contribution < -0.4 is 16.4 Å². The van der Waals surface area contributed by atoms with Crippen molar-refractivity contribution in [3.05, 3.63) is 35.9 Å². The fourth-order valence-electron chi connectivity index (χ4n) is 2.07. The molecule has 0 radical (unpaired) electrons. The molecule has 0 aliphatic carbocycles. The molecule has 3 unspecified atom stereocenters. The Morgan fingerprint density at radius 1 is 1.00 bits per heavy atom. The SMILES string of the molecule is NC(CS)C(=O)NC(Cc1ccccc1)C(=O)NC(CC(=O)O)C(=O)O. The predicted octanol–water partition coefficient (Wildman–Crippen LogP) is -0.985. The van der Waals surface area contributed by atoms with Gasteiger partial charge >= 0.3 is 11.9 Å². The van der Waals surface area contributed by atoms with Gasteiger partial charge in [0.1, 0.15) is 12.1 Å². The van der Waals surface area contributed by atoms with Gasteiger partial charge in [0.2, 0.25) is 11.8 Å². The summed E-state index contributed by atoms with van der Waals surface area (Å²) in [4.78, 5) is 46.3. The highest BCUT2D eigenvalue weighted by Gasteiger charge is 2.29. The Kier molecular flexibility index (Phi) is 8.59. The monoisotopic (exact) mass is 383 g/mol. The minimum Gasteiger partial charge on any atom is -0.481 e. The van der Waals surface area contributed by atoms with Crippen LogP contribution >= 0.6 is 12.6 Å². The van der Waals surface area contributed by atoms with E-state index in [0.29, 0.717) is 0 Å². The fraction of sp³-hybridized carbons (Fsp3) is 0.375. The van der Waals surface area contributed by atoms with Crippen molar-refractivity contribution in [2.45, 2.75) is 31.0 Å². The molecule has 3 atom stereocenters. The highest BCUT2D eigenvalue weighted by Crippen LogP contribution is 2.05. The zero-order valence-electron chi connectivity index (χ0n) is 13.8. The van der Waals surface area contributed by atoms with Crippen molar-refractivity contribution in [1.29, 1.82) is 0 Å². The van der Waals surface area contributed by atoms with E-state index in [1.165, 1.54) is 0 Å². The topological polar surface area (TPSA) is 159 Å². The lowest BCUT2D eigenvalue weighted by Gasteiger charge is -2.22. The molecule has 10 heteroatoms. The molecule has 6 N–H and O–H groups in total. The van der Waals surface area contributed by atoms with E-state index in [2.05, 4.69) is 23.3 Å². The van der Waals surface area contributed by atoms with Gasteiger partial charge in [0, 0.05) is 12.2 Å². The molecule has 0 saturated carbocycles. The largest absolute Gasteiger partial charge is 0.481 e. The average molecular weight is 383 g/mol. The van der Waals surface area contributed by atoms with Crippen LogP contribution in [0.25, 0.3) is 0 Å². The van der Waals surface area contributed by atoms with Crippen molar-refractivity contribution in [3.63, 3.8) is 0 Å². The third-order valence-electron chi connectivity index (χ3n) is 3.44. The van der Waals surface area contributed by atoms with E-state index >= 15 is 0 Å². The lowest BCUT2D eigenvalue weighted by molar-refractivity contribution is -0.147. The Morgan fingerprint density at radius 3 is 2.08 bits per heavy atom. The van der Waals surface area contributed by atoms with E-state index in [9.17, 15) is 19.2 Å². The van der Waals surface area contributed by atoms with Gasteiger partial charge < -0.3 is 26.6 Å². The summed E-state index contributed by atoms with van der Waals surface area (Å²) in [5.74, 6) is -4.25. The third kappa shape index (κ3) is 7.11. The Bertz CT molecular complexity index is 655. The molecular formula is C16H21N3O6S. The van der Waals surface area contributed by atoms with E-state index in [1.54, 1.807) is 30.3 Å². The summed E-state index contributed by atoms with van der Waals surface area (Å²) in [6.45, 7) is 0. The van der Waals surface area contributed by atoms with Crippen LogP contribution in [-0.2, 0) is 25.6 Å². The first-order valence-electron chi connectivity index (χ1n) is 7.70. The summed E-state index contributed by atoms with van der Waals surface area (Å²) >= 11 is 3.92. The maximum Gasteiger partial charge on any atom is 0.326 e. The molecule has 0 fully saturated rings. The Balaban J connectivity index is 2.94. The van der Waals surface area contributed by atoms with Crippen molar-refractivity contribution in [1.82, 2.24) is 10.6 Å². The van der Waals surface area contributed by atoms with Crippen LogP contribution in [0.4, 0.5) is 0 Å². The van der Waals surface area contributed by atoms with Gasteiger partial charge in [0.05, 0.1) is 12.5 Å². The van der Waals surface area contributed by atoms with Crippen LogP contribution in [0.2, 0.25) is 0 Å². The number of thiol groups is 1. The number of rotatable bonds is 10. The normalized spacial score (nSPS) is 13.9. The van der Waals surface area contributed by atoms with E-state index in [0.717, 1.165) is 5.56 Å². The van der Waals surface area contributed by atoms with E-state index < -0.39 is 48.3 Å². The first kappa shape index (κ1) is 21.5. The van der Waals surface area contributed by atoms with Gasteiger partial charge in [-0.15, -0.1) is 0 Å². The summed E-state index contributed by atoms with van der Waals surface area (Å²) in [6.07, 6.45) is -0.708. The van der Waals surface area contributed by atoms with Crippen LogP contribution in [0.5, 0.6) is 0 Å². The van der Waals surface area contributed by atoms with Crippen molar-refractivity contribution >= 4 is 36.4 Å². The first-order chi connectivity index (χ1) is 12.2. The molecule has 0 aliphatic rings. The lowest BCUT2D eigenvalue weighted by atomic mass is 10.0. The van der Waals surface area contributed by atoms with Gasteiger partial charge in [0.25, 0.3) is 0 Å². The van der Waals surface area contributed by atoms with Crippen molar-refractivity contribution in [3.8, 4) is 0 Å². The minimum atomic E-state index is -1.62. The predicted molar refractivity (Wildman–Crippen MR) is 95.7 cm³/mol. The Labute approximate surface area is 155 Å². The second kappa shape index (κ2) is 10.4. The molecular weight excluding hydrogens is 362 g/mol. The molecule has 0 aromatic heterocycles. The van der Waals surface area contributed by atoms with Crippen LogP contribution in [-0.4, -0.2) is 57.8 Å². The number of carbonyl (C=O) groups excluding carboxylic acids is 2.